The van der Waals surface area contributed by atoms with Gasteiger partial charge in [-0.15, -0.1) is 0 Å². The minimum absolute atomic E-state index is 0.216. The molecular weight excluding hydrogens is 340 g/mol. The van der Waals surface area contributed by atoms with Gasteiger partial charge < -0.3 is 14.8 Å². The summed E-state index contributed by atoms with van der Waals surface area (Å²) < 4.78 is 39.4. The van der Waals surface area contributed by atoms with Crippen molar-refractivity contribution in [1.29, 1.82) is 0 Å². The van der Waals surface area contributed by atoms with E-state index in [4.69, 9.17) is 9.47 Å². The van der Waals surface area contributed by atoms with Crippen molar-refractivity contribution < 1.29 is 23.0 Å². The molecule has 1 amide bonds. The lowest BCUT2D eigenvalue weighted by atomic mass is 10.0. The van der Waals surface area contributed by atoms with Gasteiger partial charge >= 0.3 is 0 Å². The lowest BCUT2D eigenvalue weighted by molar-refractivity contribution is -0.0605. The van der Waals surface area contributed by atoms with Crippen LogP contribution in [0.3, 0.4) is 0 Å². The van der Waals surface area contributed by atoms with Gasteiger partial charge in [-0.2, -0.15) is 0 Å². The molecule has 4 nitrogen and oxygen atoms in total. The first-order valence-corrected chi connectivity index (χ1v) is 8.55. The molecule has 2 atom stereocenters. The Kier molecular flexibility index (Phi) is 5.96. The fourth-order valence-electron chi connectivity index (χ4n) is 2.94. The third kappa shape index (κ3) is 4.26. The first kappa shape index (κ1) is 18.5. The van der Waals surface area contributed by atoms with Crippen LogP contribution in [-0.4, -0.2) is 31.3 Å². The summed E-state index contributed by atoms with van der Waals surface area (Å²) in [6.07, 6.45) is 0.306. The summed E-state index contributed by atoms with van der Waals surface area (Å²) in [6, 6.07) is 11.6. The normalized spacial score (nSPS) is 20.0. The molecule has 0 radical (unpaired) electrons. The maximum Gasteiger partial charge on any atom is 0.257 e. The predicted molar refractivity (Wildman–Crippen MR) is 92.8 cm³/mol. The quantitative estimate of drug-likeness (QED) is 0.888. The van der Waals surface area contributed by atoms with Crippen molar-refractivity contribution in [3.63, 3.8) is 0 Å². The highest BCUT2D eigenvalue weighted by Crippen LogP contribution is 2.19. The van der Waals surface area contributed by atoms with E-state index in [2.05, 4.69) is 5.32 Å². The van der Waals surface area contributed by atoms with Crippen LogP contribution in [0.1, 0.15) is 27.9 Å². The first-order chi connectivity index (χ1) is 12.6. The third-order valence-corrected chi connectivity index (χ3v) is 4.43. The maximum atomic E-state index is 14.2. The molecule has 0 spiro atoms. The second-order valence-electron chi connectivity index (χ2n) is 6.33. The Morgan fingerprint density at radius 3 is 2.77 bits per heavy atom. The van der Waals surface area contributed by atoms with E-state index in [1.807, 2.05) is 30.3 Å². The summed E-state index contributed by atoms with van der Waals surface area (Å²) in [5.41, 5.74) is 0.658. The molecule has 1 heterocycles. The Hall–Kier alpha value is -2.31. The molecule has 3 rings (SSSR count). The molecular formula is C20H21F2NO3. The van der Waals surface area contributed by atoms with Gasteiger partial charge in [0.25, 0.3) is 5.91 Å². The summed E-state index contributed by atoms with van der Waals surface area (Å²) in [5, 5.41) is 2.66. The zero-order valence-corrected chi connectivity index (χ0v) is 14.5. The van der Waals surface area contributed by atoms with Crippen molar-refractivity contribution in [2.45, 2.75) is 32.1 Å². The number of benzene rings is 2. The topological polar surface area (TPSA) is 47.6 Å². The Balaban J connectivity index is 1.68. The summed E-state index contributed by atoms with van der Waals surface area (Å²) in [4.78, 5) is 12.4. The molecule has 1 aliphatic rings. The average molecular weight is 361 g/mol. The summed E-state index contributed by atoms with van der Waals surface area (Å²) in [7, 11) is 0. The van der Waals surface area contributed by atoms with Crippen molar-refractivity contribution in [2.24, 2.45) is 0 Å². The van der Waals surface area contributed by atoms with E-state index in [9.17, 15) is 13.6 Å². The van der Waals surface area contributed by atoms with Crippen LogP contribution in [0.4, 0.5) is 8.78 Å². The molecule has 2 aromatic carbocycles. The minimum Gasteiger partial charge on any atom is -0.379 e. The Bertz CT molecular complexity index is 767. The summed E-state index contributed by atoms with van der Waals surface area (Å²) in [5.74, 6) is -2.53. The molecule has 0 bridgehead atoms. The van der Waals surface area contributed by atoms with E-state index in [1.165, 1.54) is 13.0 Å². The van der Waals surface area contributed by atoms with Crippen LogP contribution in [0.15, 0.2) is 42.5 Å². The van der Waals surface area contributed by atoms with Crippen LogP contribution in [0, 0.1) is 18.6 Å². The number of carbonyl (C=O) groups excluding carboxylic acids is 1. The number of aryl methyl sites for hydroxylation is 1. The predicted octanol–water partition coefficient (Wildman–Crippen LogP) is 3.38. The second kappa shape index (κ2) is 8.38. The van der Waals surface area contributed by atoms with Gasteiger partial charge in [-0.1, -0.05) is 36.4 Å². The first-order valence-electron chi connectivity index (χ1n) is 8.55. The molecule has 1 fully saturated rings. The molecule has 1 saturated heterocycles. The molecule has 138 valence electrons. The fourth-order valence-corrected chi connectivity index (χ4v) is 2.94. The van der Waals surface area contributed by atoms with Crippen LogP contribution in [-0.2, 0) is 16.1 Å². The van der Waals surface area contributed by atoms with Crippen LogP contribution >= 0.6 is 0 Å². The van der Waals surface area contributed by atoms with Gasteiger partial charge in [-0.3, -0.25) is 4.79 Å². The largest absolute Gasteiger partial charge is 0.379 e. The van der Waals surface area contributed by atoms with Gasteiger partial charge in [-0.25, -0.2) is 8.78 Å². The highest BCUT2D eigenvalue weighted by atomic mass is 19.1. The van der Waals surface area contributed by atoms with Gasteiger partial charge in [-0.05, 0) is 30.5 Å². The molecule has 0 saturated carbocycles. The van der Waals surface area contributed by atoms with E-state index < -0.39 is 29.1 Å². The highest BCUT2D eigenvalue weighted by molar-refractivity contribution is 5.95. The lowest BCUT2D eigenvalue weighted by Crippen LogP contribution is -2.50. The van der Waals surface area contributed by atoms with E-state index in [0.29, 0.717) is 19.6 Å². The number of hydrogen-bond donors (Lipinski definition) is 1. The molecule has 26 heavy (non-hydrogen) atoms. The van der Waals surface area contributed by atoms with Crippen molar-refractivity contribution in [2.75, 3.05) is 13.2 Å². The van der Waals surface area contributed by atoms with E-state index >= 15 is 0 Å². The van der Waals surface area contributed by atoms with Crippen molar-refractivity contribution in [3.8, 4) is 0 Å². The smallest absolute Gasteiger partial charge is 0.257 e. The Morgan fingerprint density at radius 2 is 2.00 bits per heavy atom. The number of ether oxygens (including phenoxy) is 2. The van der Waals surface area contributed by atoms with Gasteiger partial charge in [0.05, 0.1) is 25.4 Å². The summed E-state index contributed by atoms with van der Waals surface area (Å²) in [6.45, 7) is 2.63. The third-order valence-electron chi connectivity index (χ3n) is 4.43. The maximum absolute atomic E-state index is 14.2. The van der Waals surface area contributed by atoms with Gasteiger partial charge in [0, 0.05) is 6.61 Å². The molecule has 1 aliphatic heterocycles. The van der Waals surface area contributed by atoms with Crippen LogP contribution in [0.25, 0.3) is 0 Å². The molecule has 6 heteroatoms. The van der Waals surface area contributed by atoms with Gasteiger partial charge in [0.2, 0.25) is 0 Å². The standard InChI is InChI=1S/C20H21F2NO3/c1-13-7-8-15(21)18(19(13)22)20(24)23-16-12-25-10-9-17(16)26-11-14-5-3-2-4-6-14/h2-8,16-17H,9-12H2,1H3,(H,23,24)/t16-,17+/m1/s1. The average Bonchev–Trinajstić information content (AvgIpc) is 2.65. The number of carbonyl (C=O) groups is 1. The van der Waals surface area contributed by atoms with Crippen molar-refractivity contribution in [3.05, 3.63) is 70.8 Å². The van der Waals surface area contributed by atoms with Gasteiger partial charge in [0.15, 0.2) is 0 Å². The number of amides is 1. The SMILES string of the molecule is Cc1ccc(F)c(C(=O)N[C@@H]2COCC[C@@H]2OCc2ccccc2)c1F. The number of halogens is 2. The molecule has 0 aliphatic carbocycles. The fraction of sp³-hybridized carbons (Fsp3) is 0.350. The monoisotopic (exact) mass is 361 g/mol. The van der Waals surface area contributed by atoms with Crippen LogP contribution in [0.5, 0.6) is 0 Å². The lowest BCUT2D eigenvalue weighted by Gasteiger charge is -2.32. The molecule has 0 aromatic heterocycles. The minimum atomic E-state index is -0.885. The van der Waals surface area contributed by atoms with Crippen molar-refractivity contribution >= 4 is 5.91 Å². The molecule has 2 aromatic rings. The summed E-state index contributed by atoms with van der Waals surface area (Å²) >= 11 is 0. The van der Waals surface area contributed by atoms with E-state index in [1.54, 1.807) is 0 Å². The Labute approximate surface area is 151 Å². The number of nitrogens with one attached hydrogen (secondary N) is 1. The molecule has 0 unspecified atom stereocenters. The zero-order chi connectivity index (χ0) is 18.5. The Morgan fingerprint density at radius 1 is 1.23 bits per heavy atom. The van der Waals surface area contributed by atoms with Crippen LogP contribution in [0.2, 0.25) is 0 Å². The second-order valence-corrected chi connectivity index (χ2v) is 6.33. The number of rotatable bonds is 5. The zero-order valence-electron chi connectivity index (χ0n) is 14.5. The van der Waals surface area contributed by atoms with E-state index in [-0.39, 0.29) is 18.3 Å². The van der Waals surface area contributed by atoms with E-state index in [0.717, 1.165) is 11.6 Å². The molecule has 1 N–H and O–H groups in total. The number of hydrogen-bond acceptors (Lipinski definition) is 3. The van der Waals surface area contributed by atoms with Gasteiger partial charge in [0.1, 0.15) is 17.2 Å². The highest BCUT2D eigenvalue weighted by Gasteiger charge is 2.30. The van der Waals surface area contributed by atoms with Crippen molar-refractivity contribution in [1.82, 2.24) is 5.32 Å². The van der Waals surface area contributed by atoms with Crippen LogP contribution < -0.4 is 5.32 Å².